The molecule has 0 unspecified atom stereocenters. The molecule has 4 heteroatoms. The normalized spacial score (nSPS) is 11.0. The minimum Gasteiger partial charge on any atom is -0.376 e. The number of nitrogens with one attached hydrogen (secondary N) is 1. The smallest absolute Gasteiger partial charge is 0.246 e. The van der Waals surface area contributed by atoms with Gasteiger partial charge in [-0.15, -0.1) is 0 Å². The molecule has 1 amide bonds. The SMILES string of the molecule is CCN(CC)Cc1ccccc1NCC(=O)N(c1ccccc1)C(C)C. The van der Waals surface area contributed by atoms with Crippen LogP contribution in [-0.2, 0) is 11.3 Å². The van der Waals surface area contributed by atoms with E-state index in [0.29, 0.717) is 0 Å². The van der Waals surface area contributed by atoms with Gasteiger partial charge in [-0.1, -0.05) is 50.2 Å². The predicted octanol–water partition coefficient (Wildman–Crippen LogP) is 4.38. The molecule has 0 aromatic heterocycles. The Balaban J connectivity index is 2.09. The van der Waals surface area contributed by atoms with Crippen LogP contribution in [0.5, 0.6) is 0 Å². The Hall–Kier alpha value is -2.33. The van der Waals surface area contributed by atoms with Gasteiger partial charge in [-0.25, -0.2) is 0 Å². The van der Waals surface area contributed by atoms with E-state index in [1.165, 1.54) is 5.56 Å². The van der Waals surface area contributed by atoms with Crippen LogP contribution in [0.1, 0.15) is 33.3 Å². The highest BCUT2D eigenvalue weighted by molar-refractivity contribution is 5.96. The van der Waals surface area contributed by atoms with Crippen LogP contribution >= 0.6 is 0 Å². The molecular formula is C22H31N3O. The molecule has 26 heavy (non-hydrogen) atoms. The van der Waals surface area contributed by atoms with Gasteiger partial charge < -0.3 is 10.2 Å². The van der Waals surface area contributed by atoms with Crippen molar-refractivity contribution in [3.05, 3.63) is 60.2 Å². The molecule has 1 N–H and O–H groups in total. The van der Waals surface area contributed by atoms with Gasteiger partial charge in [0.15, 0.2) is 0 Å². The Bertz CT molecular complexity index is 681. The lowest BCUT2D eigenvalue weighted by atomic mass is 10.1. The maximum absolute atomic E-state index is 12.9. The van der Waals surface area contributed by atoms with E-state index in [4.69, 9.17) is 0 Å². The van der Waals surface area contributed by atoms with Crippen molar-refractivity contribution in [1.29, 1.82) is 0 Å². The highest BCUT2D eigenvalue weighted by atomic mass is 16.2. The van der Waals surface area contributed by atoms with Crippen LogP contribution in [0.3, 0.4) is 0 Å². The van der Waals surface area contributed by atoms with Crippen molar-refractivity contribution >= 4 is 17.3 Å². The minimum atomic E-state index is 0.0730. The third kappa shape index (κ3) is 5.33. The van der Waals surface area contributed by atoms with Gasteiger partial charge in [0.05, 0.1) is 6.54 Å². The molecule has 0 fully saturated rings. The molecule has 4 nitrogen and oxygen atoms in total. The first-order chi connectivity index (χ1) is 12.6. The van der Waals surface area contributed by atoms with Gasteiger partial charge in [-0.2, -0.15) is 0 Å². The van der Waals surface area contributed by atoms with E-state index in [2.05, 4.69) is 36.2 Å². The molecule has 2 aromatic rings. The Labute approximate surface area is 157 Å². The highest BCUT2D eigenvalue weighted by Crippen LogP contribution is 2.19. The van der Waals surface area contributed by atoms with Crippen LogP contribution in [0.15, 0.2) is 54.6 Å². The summed E-state index contributed by atoms with van der Waals surface area (Å²) in [4.78, 5) is 17.1. The first kappa shape index (κ1) is 20.0. The van der Waals surface area contributed by atoms with Crippen LogP contribution in [0, 0.1) is 0 Å². The predicted molar refractivity (Wildman–Crippen MR) is 111 cm³/mol. The maximum Gasteiger partial charge on any atom is 0.246 e. The zero-order valence-corrected chi connectivity index (χ0v) is 16.4. The summed E-state index contributed by atoms with van der Waals surface area (Å²) in [6.07, 6.45) is 0. The minimum absolute atomic E-state index is 0.0730. The van der Waals surface area contributed by atoms with Gasteiger partial charge in [0.2, 0.25) is 5.91 Å². The van der Waals surface area contributed by atoms with Crippen molar-refractivity contribution in [2.24, 2.45) is 0 Å². The van der Waals surface area contributed by atoms with E-state index in [-0.39, 0.29) is 18.5 Å². The fourth-order valence-electron chi connectivity index (χ4n) is 3.09. The number of rotatable bonds is 9. The Kier molecular flexibility index (Phi) is 7.67. The summed E-state index contributed by atoms with van der Waals surface area (Å²) in [5.41, 5.74) is 3.19. The number of amides is 1. The number of hydrogen-bond acceptors (Lipinski definition) is 3. The molecule has 0 saturated heterocycles. The van der Waals surface area contributed by atoms with Crippen molar-refractivity contribution in [3.8, 4) is 0 Å². The summed E-state index contributed by atoms with van der Waals surface area (Å²) in [6, 6.07) is 18.2. The van der Waals surface area contributed by atoms with E-state index in [1.807, 2.05) is 61.2 Å². The molecule has 0 heterocycles. The monoisotopic (exact) mass is 353 g/mol. The van der Waals surface area contributed by atoms with Gasteiger partial charge in [0.25, 0.3) is 0 Å². The third-order valence-corrected chi connectivity index (χ3v) is 4.56. The molecule has 2 rings (SSSR count). The van der Waals surface area contributed by atoms with Crippen molar-refractivity contribution < 1.29 is 4.79 Å². The van der Waals surface area contributed by atoms with Crippen molar-refractivity contribution in [1.82, 2.24) is 4.90 Å². The lowest BCUT2D eigenvalue weighted by Gasteiger charge is -2.27. The van der Waals surface area contributed by atoms with E-state index < -0.39 is 0 Å². The topological polar surface area (TPSA) is 35.6 Å². The van der Waals surface area contributed by atoms with Crippen LogP contribution in [0.4, 0.5) is 11.4 Å². The average Bonchev–Trinajstić information content (AvgIpc) is 2.66. The second kappa shape index (κ2) is 9.97. The Morgan fingerprint density at radius 2 is 1.58 bits per heavy atom. The van der Waals surface area contributed by atoms with Crippen LogP contribution in [0.25, 0.3) is 0 Å². The average molecular weight is 354 g/mol. The van der Waals surface area contributed by atoms with E-state index in [9.17, 15) is 4.79 Å². The quantitative estimate of drug-likeness (QED) is 0.726. The van der Waals surface area contributed by atoms with Gasteiger partial charge in [-0.05, 0) is 50.7 Å². The molecule has 0 spiro atoms. The van der Waals surface area contributed by atoms with Crippen molar-refractivity contribution in [3.63, 3.8) is 0 Å². The summed E-state index contributed by atoms with van der Waals surface area (Å²) >= 11 is 0. The Morgan fingerprint density at radius 1 is 0.962 bits per heavy atom. The first-order valence-electron chi connectivity index (χ1n) is 9.48. The molecule has 0 aliphatic carbocycles. The van der Waals surface area contributed by atoms with E-state index in [0.717, 1.165) is 31.0 Å². The molecule has 0 aliphatic heterocycles. The zero-order valence-electron chi connectivity index (χ0n) is 16.4. The molecule has 2 aromatic carbocycles. The highest BCUT2D eigenvalue weighted by Gasteiger charge is 2.19. The van der Waals surface area contributed by atoms with Crippen LogP contribution in [-0.4, -0.2) is 36.5 Å². The lowest BCUT2D eigenvalue weighted by Crippen LogP contribution is -2.40. The summed E-state index contributed by atoms with van der Waals surface area (Å²) in [5.74, 6) is 0.0730. The summed E-state index contributed by atoms with van der Waals surface area (Å²) in [7, 11) is 0. The molecule has 0 radical (unpaired) electrons. The summed E-state index contributed by atoms with van der Waals surface area (Å²) in [6.45, 7) is 11.6. The molecule has 0 aliphatic rings. The zero-order chi connectivity index (χ0) is 18.9. The maximum atomic E-state index is 12.9. The fourth-order valence-corrected chi connectivity index (χ4v) is 3.09. The molecule has 140 valence electrons. The number of anilines is 2. The third-order valence-electron chi connectivity index (χ3n) is 4.56. The summed E-state index contributed by atoms with van der Waals surface area (Å²) in [5, 5.41) is 3.35. The molecular weight excluding hydrogens is 322 g/mol. The van der Waals surface area contributed by atoms with Crippen molar-refractivity contribution in [2.75, 3.05) is 29.9 Å². The molecule has 0 bridgehead atoms. The number of hydrogen-bond donors (Lipinski definition) is 1. The number of carbonyl (C=O) groups is 1. The summed E-state index contributed by atoms with van der Waals surface area (Å²) < 4.78 is 0. The number of nitrogens with zero attached hydrogens (tertiary/aromatic N) is 2. The van der Waals surface area contributed by atoms with Gasteiger partial charge in [-0.3, -0.25) is 9.69 Å². The van der Waals surface area contributed by atoms with Gasteiger partial charge in [0, 0.05) is 24.0 Å². The lowest BCUT2D eigenvalue weighted by molar-refractivity contribution is -0.117. The van der Waals surface area contributed by atoms with Crippen molar-refractivity contribution in [2.45, 2.75) is 40.3 Å². The number of carbonyl (C=O) groups excluding carboxylic acids is 1. The van der Waals surface area contributed by atoms with Gasteiger partial charge >= 0.3 is 0 Å². The fraction of sp³-hybridized carbons (Fsp3) is 0.409. The first-order valence-corrected chi connectivity index (χ1v) is 9.48. The van der Waals surface area contributed by atoms with Crippen LogP contribution in [0.2, 0.25) is 0 Å². The second-order valence-corrected chi connectivity index (χ2v) is 6.67. The number of para-hydroxylation sites is 2. The largest absolute Gasteiger partial charge is 0.376 e. The number of benzene rings is 2. The van der Waals surface area contributed by atoms with Gasteiger partial charge in [0.1, 0.15) is 0 Å². The van der Waals surface area contributed by atoms with E-state index >= 15 is 0 Å². The Morgan fingerprint density at radius 3 is 2.19 bits per heavy atom. The molecule has 0 atom stereocenters. The van der Waals surface area contributed by atoms with E-state index in [1.54, 1.807) is 0 Å². The molecule has 0 saturated carbocycles. The van der Waals surface area contributed by atoms with Crippen LogP contribution < -0.4 is 10.2 Å². The second-order valence-electron chi connectivity index (χ2n) is 6.67. The standard InChI is InChI=1S/C22H31N3O/c1-5-24(6-2)17-19-12-10-11-15-21(19)23-16-22(26)25(18(3)4)20-13-8-7-9-14-20/h7-15,18,23H,5-6,16-17H2,1-4H3.